The van der Waals surface area contributed by atoms with Gasteiger partial charge in [-0.1, -0.05) is 20.0 Å². The van der Waals surface area contributed by atoms with Crippen LogP contribution in [-0.4, -0.2) is 26.7 Å². The van der Waals surface area contributed by atoms with Crippen molar-refractivity contribution in [2.45, 2.75) is 50.0 Å². The Morgan fingerprint density at radius 3 is 2.62 bits per heavy atom. The van der Waals surface area contributed by atoms with E-state index >= 15 is 0 Å². The summed E-state index contributed by atoms with van der Waals surface area (Å²) in [5.74, 6) is 0. The normalized spacial score (nSPS) is 32.1. The average molecular weight is 200 g/mol. The second-order valence-corrected chi connectivity index (χ2v) is 7.60. The van der Waals surface area contributed by atoms with Crippen LogP contribution < -0.4 is 5.73 Å². The van der Waals surface area contributed by atoms with Crippen molar-refractivity contribution in [1.29, 1.82) is 0 Å². The minimum absolute atomic E-state index is 0.0417. The minimum atomic E-state index is -0.850. The Balaban J connectivity index is 2.72. The van der Waals surface area contributed by atoms with E-state index in [2.05, 4.69) is 20.0 Å². The van der Waals surface area contributed by atoms with Crippen LogP contribution in [0.5, 0.6) is 0 Å². The molecule has 0 aromatic heterocycles. The molecule has 3 heteroatoms. The number of hydrogen-bond acceptors (Lipinski definition) is 2. The standard InChI is InChI=1S/C10H22NOSi/c1-4-9(11)10(13(2)3)7-5-6-8-12-10/h9,13H,1,4-8,11H2,2-3H3. The van der Waals surface area contributed by atoms with E-state index < -0.39 is 8.80 Å². The van der Waals surface area contributed by atoms with Gasteiger partial charge in [0, 0.05) is 12.6 Å². The summed E-state index contributed by atoms with van der Waals surface area (Å²) < 4.78 is 5.98. The largest absolute Gasteiger partial charge is 0.377 e. The molecule has 2 atom stereocenters. The molecule has 0 saturated carbocycles. The van der Waals surface area contributed by atoms with Gasteiger partial charge in [-0.2, -0.15) is 0 Å². The van der Waals surface area contributed by atoms with Gasteiger partial charge in [0.1, 0.15) is 0 Å². The maximum absolute atomic E-state index is 6.13. The van der Waals surface area contributed by atoms with Crippen LogP contribution >= 0.6 is 0 Å². The molecule has 2 nitrogen and oxygen atoms in total. The Bertz CT molecular complexity index is 155. The zero-order chi connectivity index (χ0) is 9.90. The van der Waals surface area contributed by atoms with Crippen molar-refractivity contribution in [3.63, 3.8) is 0 Å². The first-order valence-corrected chi connectivity index (χ1v) is 8.21. The second kappa shape index (κ2) is 4.58. The number of ether oxygens (including phenoxy) is 1. The summed E-state index contributed by atoms with van der Waals surface area (Å²) in [6.45, 7) is 9.48. The molecule has 0 bridgehead atoms. The fourth-order valence-electron chi connectivity index (χ4n) is 2.26. The van der Waals surface area contributed by atoms with Crippen molar-refractivity contribution in [2.24, 2.45) is 5.73 Å². The molecule has 1 fully saturated rings. The van der Waals surface area contributed by atoms with Crippen molar-refractivity contribution in [3.05, 3.63) is 6.92 Å². The summed E-state index contributed by atoms with van der Waals surface area (Å²) in [5.41, 5.74) is 6.13. The summed E-state index contributed by atoms with van der Waals surface area (Å²) in [6, 6.07) is 0.152. The van der Waals surface area contributed by atoms with E-state index in [9.17, 15) is 0 Å². The molecule has 1 aliphatic rings. The fraction of sp³-hybridized carbons (Fsp3) is 0.900. The van der Waals surface area contributed by atoms with E-state index in [0.717, 1.165) is 19.4 Å². The van der Waals surface area contributed by atoms with E-state index in [1.807, 2.05) is 0 Å². The zero-order valence-corrected chi connectivity index (χ0v) is 10.0. The molecule has 0 aromatic carbocycles. The highest BCUT2D eigenvalue weighted by Crippen LogP contribution is 2.31. The third kappa shape index (κ3) is 2.14. The average Bonchev–Trinajstić information content (AvgIpc) is 2.17. The highest BCUT2D eigenvalue weighted by molar-refractivity contribution is 6.59. The lowest BCUT2D eigenvalue weighted by atomic mass is 10.00. The molecule has 1 heterocycles. The van der Waals surface area contributed by atoms with Crippen LogP contribution in [0.4, 0.5) is 0 Å². The Morgan fingerprint density at radius 2 is 2.23 bits per heavy atom. The van der Waals surface area contributed by atoms with Gasteiger partial charge in [-0.3, -0.25) is 0 Å². The predicted molar refractivity (Wildman–Crippen MR) is 59.4 cm³/mol. The monoisotopic (exact) mass is 200 g/mol. The molecule has 1 saturated heterocycles. The van der Waals surface area contributed by atoms with Crippen LogP contribution in [0.2, 0.25) is 13.1 Å². The number of hydrogen-bond donors (Lipinski definition) is 1. The second-order valence-electron chi connectivity index (χ2n) is 4.31. The van der Waals surface area contributed by atoms with Crippen molar-refractivity contribution in [3.8, 4) is 0 Å². The first-order chi connectivity index (χ1) is 6.13. The molecule has 2 N–H and O–H groups in total. The van der Waals surface area contributed by atoms with Gasteiger partial charge in [-0.15, -0.1) is 0 Å². The molecule has 1 rings (SSSR count). The predicted octanol–water partition coefficient (Wildman–Crippen LogP) is 1.50. The number of rotatable bonds is 3. The summed E-state index contributed by atoms with van der Waals surface area (Å²) >= 11 is 0. The van der Waals surface area contributed by atoms with Gasteiger partial charge in [0.05, 0.1) is 14.0 Å². The summed E-state index contributed by atoms with van der Waals surface area (Å²) in [4.78, 5) is 0. The topological polar surface area (TPSA) is 35.2 Å². The van der Waals surface area contributed by atoms with Gasteiger partial charge >= 0.3 is 0 Å². The zero-order valence-electron chi connectivity index (χ0n) is 8.88. The highest BCUT2D eigenvalue weighted by atomic mass is 28.3. The molecule has 0 aromatic rings. The maximum Gasteiger partial charge on any atom is 0.0715 e. The van der Waals surface area contributed by atoms with E-state index in [0.29, 0.717) is 0 Å². The Hall–Kier alpha value is 0.137. The smallest absolute Gasteiger partial charge is 0.0715 e. The Kier molecular flexibility index (Phi) is 3.95. The lowest BCUT2D eigenvalue weighted by Crippen LogP contribution is -2.59. The first kappa shape index (κ1) is 11.2. The molecule has 2 unspecified atom stereocenters. The van der Waals surface area contributed by atoms with Crippen LogP contribution in [0, 0.1) is 6.92 Å². The SMILES string of the molecule is [CH2]CC(N)C1([SiH](C)C)CCCCO1. The Labute approximate surface area is 83.4 Å². The van der Waals surface area contributed by atoms with Crippen LogP contribution in [-0.2, 0) is 4.74 Å². The quantitative estimate of drug-likeness (QED) is 0.701. The van der Waals surface area contributed by atoms with E-state index in [-0.39, 0.29) is 11.3 Å². The first-order valence-electron chi connectivity index (χ1n) is 5.32. The van der Waals surface area contributed by atoms with Crippen LogP contribution in [0.3, 0.4) is 0 Å². The van der Waals surface area contributed by atoms with Crippen molar-refractivity contribution < 1.29 is 4.74 Å². The third-order valence-corrected chi connectivity index (χ3v) is 6.09. The molecule has 77 valence electrons. The van der Waals surface area contributed by atoms with E-state index in [1.54, 1.807) is 0 Å². The molecule has 13 heavy (non-hydrogen) atoms. The van der Waals surface area contributed by atoms with Gasteiger partial charge in [0.25, 0.3) is 0 Å². The Morgan fingerprint density at radius 1 is 1.54 bits per heavy atom. The van der Waals surface area contributed by atoms with Crippen LogP contribution in [0.1, 0.15) is 25.7 Å². The lowest BCUT2D eigenvalue weighted by molar-refractivity contribution is -0.0382. The molecule has 1 radical (unpaired) electrons. The van der Waals surface area contributed by atoms with Crippen molar-refractivity contribution >= 4 is 8.80 Å². The molecule has 0 amide bonds. The van der Waals surface area contributed by atoms with E-state index in [4.69, 9.17) is 10.5 Å². The van der Waals surface area contributed by atoms with Gasteiger partial charge in [-0.25, -0.2) is 0 Å². The molecule has 1 aliphatic heterocycles. The van der Waals surface area contributed by atoms with Crippen molar-refractivity contribution in [2.75, 3.05) is 6.61 Å². The van der Waals surface area contributed by atoms with Gasteiger partial charge < -0.3 is 10.5 Å². The fourth-order valence-corrected chi connectivity index (χ4v) is 4.51. The van der Waals surface area contributed by atoms with Gasteiger partial charge in [0.15, 0.2) is 0 Å². The lowest BCUT2D eigenvalue weighted by Gasteiger charge is -2.44. The van der Waals surface area contributed by atoms with Crippen LogP contribution in [0.15, 0.2) is 0 Å². The summed E-state index contributed by atoms with van der Waals surface area (Å²) in [7, 11) is -0.850. The third-order valence-electron chi connectivity index (χ3n) is 3.25. The molecule has 0 spiro atoms. The minimum Gasteiger partial charge on any atom is -0.377 e. The summed E-state index contributed by atoms with van der Waals surface area (Å²) in [5, 5.41) is 0.0417. The molecular weight excluding hydrogens is 178 g/mol. The van der Waals surface area contributed by atoms with E-state index in [1.165, 1.54) is 12.8 Å². The van der Waals surface area contributed by atoms with Crippen molar-refractivity contribution in [1.82, 2.24) is 0 Å². The molecule has 0 aliphatic carbocycles. The van der Waals surface area contributed by atoms with Gasteiger partial charge in [-0.05, 0) is 25.7 Å². The van der Waals surface area contributed by atoms with Gasteiger partial charge in [0.2, 0.25) is 0 Å². The summed E-state index contributed by atoms with van der Waals surface area (Å²) in [6.07, 6.45) is 4.43. The molecular formula is C10H22NOSi. The van der Waals surface area contributed by atoms with Crippen LogP contribution in [0.25, 0.3) is 0 Å². The maximum atomic E-state index is 6.13. The highest BCUT2D eigenvalue weighted by Gasteiger charge is 2.41. The number of nitrogens with two attached hydrogens (primary N) is 1.